The summed E-state index contributed by atoms with van der Waals surface area (Å²) < 4.78 is 4.87. The van der Waals surface area contributed by atoms with Crippen molar-refractivity contribution in [3.8, 4) is 0 Å². The number of nitrogens with zero attached hydrogens (tertiary/aromatic N) is 1. The molecule has 1 aromatic carbocycles. The molecule has 0 radical (unpaired) electrons. The van der Waals surface area contributed by atoms with Gasteiger partial charge in [0.15, 0.2) is 0 Å². The number of benzene rings is 1. The first-order chi connectivity index (χ1) is 9.78. The third-order valence-electron chi connectivity index (χ3n) is 4.11. The van der Waals surface area contributed by atoms with Crippen molar-refractivity contribution in [3.63, 3.8) is 0 Å². The molecule has 1 aliphatic heterocycles. The Bertz CT molecular complexity index is 611. The smallest absolute Gasteiger partial charge is 0.309 e. The Hall–Kier alpha value is -1.52. The van der Waals surface area contributed by atoms with E-state index in [0.717, 1.165) is 32.5 Å². The highest BCUT2D eigenvalue weighted by molar-refractivity contribution is 5.85. The molecule has 5 heteroatoms. The van der Waals surface area contributed by atoms with Crippen LogP contribution in [0.3, 0.4) is 0 Å². The molecule has 1 N–H and O–H groups in total. The molecular weight excluding hydrogens is 288 g/mol. The first-order valence-electron chi connectivity index (χ1n) is 7.13. The highest BCUT2D eigenvalue weighted by atomic mass is 35.5. The van der Waals surface area contributed by atoms with Crippen LogP contribution in [-0.2, 0) is 16.1 Å². The summed E-state index contributed by atoms with van der Waals surface area (Å²) in [5.74, 6) is -0.0485. The fourth-order valence-electron chi connectivity index (χ4n) is 3.06. The Morgan fingerprint density at radius 3 is 3.05 bits per heavy atom. The number of likely N-dealkylation sites (tertiary alicyclic amines) is 1. The molecule has 1 aromatic heterocycles. The van der Waals surface area contributed by atoms with Crippen LogP contribution in [0.25, 0.3) is 10.9 Å². The predicted octanol–water partition coefficient (Wildman–Crippen LogP) is 2.97. The van der Waals surface area contributed by atoms with E-state index in [-0.39, 0.29) is 24.3 Å². The van der Waals surface area contributed by atoms with Crippen LogP contribution < -0.4 is 0 Å². The van der Waals surface area contributed by atoms with E-state index in [0.29, 0.717) is 0 Å². The number of aromatic nitrogens is 1. The number of hydrogen-bond donors (Lipinski definition) is 1. The van der Waals surface area contributed by atoms with Crippen molar-refractivity contribution in [1.82, 2.24) is 9.88 Å². The topological polar surface area (TPSA) is 45.3 Å². The van der Waals surface area contributed by atoms with Gasteiger partial charge in [-0.05, 0) is 31.0 Å². The summed E-state index contributed by atoms with van der Waals surface area (Å²) in [5, 5.41) is 1.27. The molecule has 114 valence electrons. The zero-order valence-corrected chi connectivity index (χ0v) is 13.0. The largest absolute Gasteiger partial charge is 0.469 e. The number of aromatic amines is 1. The number of halogens is 1. The minimum absolute atomic E-state index is 0. The fraction of sp³-hybridized carbons (Fsp3) is 0.438. The molecule has 2 aromatic rings. The highest BCUT2D eigenvalue weighted by Crippen LogP contribution is 2.23. The summed E-state index contributed by atoms with van der Waals surface area (Å²) >= 11 is 0. The van der Waals surface area contributed by atoms with Crippen molar-refractivity contribution in [3.05, 3.63) is 36.0 Å². The van der Waals surface area contributed by atoms with Crippen molar-refractivity contribution in [1.29, 1.82) is 0 Å². The molecule has 0 spiro atoms. The number of rotatable bonds is 3. The lowest BCUT2D eigenvalue weighted by atomic mass is 9.98. The molecule has 1 unspecified atom stereocenters. The van der Waals surface area contributed by atoms with E-state index in [1.54, 1.807) is 0 Å². The number of fused-ring (bicyclic) bond motifs is 1. The van der Waals surface area contributed by atoms with Gasteiger partial charge in [0.1, 0.15) is 0 Å². The molecular formula is C16H21ClN2O2. The number of piperidine rings is 1. The van der Waals surface area contributed by atoms with Crippen molar-refractivity contribution in [2.24, 2.45) is 5.92 Å². The summed E-state index contributed by atoms with van der Waals surface area (Å²) in [6.07, 6.45) is 4.08. The number of hydrogen-bond acceptors (Lipinski definition) is 3. The average Bonchev–Trinajstić information content (AvgIpc) is 2.90. The Labute approximate surface area is 130 Å². The van der Waals surface area contributed by atoms with E-state index in [4.69, 9.17) is 4.74 Å². The van der Waals surface area contributed by atoms with Crippen molar-refractivity contribution >= 4 is 29.3 Å². The Morgan fingerprint density at radius 1 is 1.43 bits per heavy atom. The fourth-order valence-corrected chi connectivity index (χ4v) is 3.06. The molecule has 3 rings (SSSR count). The Kier molecular flexibility index (Phi) is 5.26. The van der Waals surface area contributed by atoms with Crippen LogP contribution in [-0.4, -0.2) is 36.1 Å². The maximum Gasteiger partial charge on any atom is 0.309 e. The number of carbonyl (C=O) groups excluding carboxylic acids is 1. The molecule has 0 amide bonds. The average molecular weight is 309 g/mol. The summed E-state index contributed by atoms with van der Waals surface area (Å²) in [7, 11) is 1.47. The van der Waals surface area contributed by atoms with Gasteiger partial charge in [-0.3, -0.25) is 9.69 Å². The van der Waals surface area contributed by atoms with E-state index in [2.05, 4.69) is 34.3 Å². The third-order valence-corrected chi connectivity index (χ3v) is 4.11. The molecule has 21 heavy (non-hydrogen) atoms. The molecule has 0 saturated carbocycles. The van der Waals surface area contributed by atoms with Gasteiger partial charge in [0.05, 0.1) is 13.0 Å². The maximum absolute atomic E-state index is 11.7. The molecule has 0 bridgehead atoms. The van der Waals surface area contributed by atoms with Gasteiger partial charge in [-0.2, -0.15) is 0 Å². The maximum atomic E-state index is 11.7. The minimum atomic E-state index is -0.0753. The van der Waals surface area contributed by atoms with E-state index >= 15 is 0 Å². The Morgan fingerprint density at radius 2 is 2.24 bits per heavy atom. The number of nitrogens with one attached hydrogen (secondary N) is 1. The zero-order valence-electron chi connectivity index (χ0n) is 12.2. The minimum Gasteiger partial charge on any atom is -0.469 e. The SMILES string of the molecule is COC(=O)C1CCCN(Cc2c[nH]c3ccccc23)C1.Cl. The quantitative estimate of drug-likeness (QED) is 0.887. The molecule has 1 atom stereocenters. The van der Waals surface area contributed by atoms with Gasteiger partial charge in [0.25, 0.3) is 0 Å². The molecule has 4 nitrogen and oxygen atoms in total. The van der Waals surface area contributed by atoms with Gasteiger partial charge in [-0.25, -0.2) is 0 Å². The van der Waals surface area contributed by atoms with Crippen LogP contribution in [0, 0.1) is 5.92 Å². The number of ether oxygens (including phenoxy) is 1. The lowest BCUT2D eigenvalue weighted by Gasteiger charge is -2.31. The monoisotopic (exact) mass is 308 g/mol. The lowest BCUT2D eigenvalue weighted by Crippen LogP contribution is -2.38. The van der Waals surface area contributed by atoms with Crippen LogP contribution in [0.2, 0.25) is 0 Å². The van der Waals surface area contributed by atoms with Crippen LogP contribution in [0.15, 0.2) is 30.5 Å². The van der Waals surface area contributed by atoms with Gasteiger partial charge < -0.3 is 9.72 Å². The van der Waals surface area contributed by atoms with Gasteiger partial charge in [-0.15, -0.1) is 12.4 Å². The third kappa shape index (κ3) is 3.39. The van der Waals surface area contributed by atoms with Gasteiger partial charge in [-0.1, -0.05) is 18.2 Å². The molecule has 1 aliphatic rings. The normalized spacial score (nSPS) is 19.2. The van der Waals surface area contributed by atoms with E-state index in [1.807, 2.05) is 6.07 Å². The van der Waals surface area contributed by atoms with Crippen LogP contribution in [0.4, 0.5) is 0 Å². The molecule has 2 heterocycles. The Balaban J connectivity index is 0.00000161. The number of H-pyrrole nitrogens is 1. The number of carbonyl (C=O) groups is 1. The van der Waals surface area contributed by atoms with Crippen LogP contribution >= 0.6 is 12.4 Å². The zero-order chi connectivity index (χ0) is 13.9. The summed E-state index contributed by atoms with van der Waals surface area (Å²) in [4.78, 5) is 17.3. The van der Waals surface area contributed by atoms with E-state index in [1.165, 1.54) is 23.6 Å². The van der Waals surface area contributed by atoms with Crippen molar-refractivity contribution < 1.29 is 9.53 Å². The molecule has 1 fully saturated rings. The standard InChI is InChI=1S/C16H20N2O2.ClH/c1-20-16(19)12-5-4-8-18(10-12)11-13-9-17-15-7-3-2-6-14(13)15;/h2-3,6-7,9,12,17H,4-5,8,10-11H2,1H3;1H. The number of para-hydroxylation sites is 1. The summed E-state index contributed by atoms with van der Waals surface area (Å²) in [6.45, 7) is 2.73. The van der Waals surface area contributed by atoms with Crippen molar-refractivity contribution in [2.75, 3.05) is 20.2 Å². The van der Waals surface area contributed by atoms with Crippen LogP contribution in [0.1, 0.15) is 18.4 Å². The predicted molar refractivity (Wildman–Crippen MR) is 85.6 cm³/mol. The van der Waals surface area contributed by atoms with Crippen molar-refractivity contribution in [2.45, 2.75) is 19.4 Å². The number of esters is 1. The summed E-state index contributed by atoms with van der Waals surface area (Å²) in [5.41, 5.74) is 2.47. The van der Waals surface area contributed by atoms with Gasteiger partial charge in [0.2, 0.25) is 0 Å². The second-order valence-electron chi connectivity index (χ2n) is 5.46. The lowest BCUT2D eigenvalue weighted by molar-refractivity contribution is -0.147. The van der Waals surface area contributed by atoms with Gasteiger partial charge in [0, 0.05) is 30.2 Å². The second-order valence-corrected chi connectivity index (χ2v) is 5.46. The highest BCUT2D eigenvalue weighted by Gasteiger charge is 2.26. The van der Waals surface area contributed by atoms with Gasteiger partial charge >= 0.3 is 5.97 Å². The molecule has 1 saturated heterocycles. The van der Waals surface area contributed by atoms with E-state index in [9.17, 15) is 4.79 Å². The number of methoxy groups -OCH3 is 1. The first-order valence-corrected chi connectivity index (χ1v) is 7.13. The molecule has 0 aliphatic carbocycles. The summed E-state index contributed by atoms with van der Waals surface area (Å²) in [6, 6.07) is 8.33. The second kappa shape index (κ2) is 6.96. The van der Waals surface area contributed by atoms with Crippen LogP contribution in [0.5, 0.6) is 0 Å². The first kappa shape index (κ1) is 15.9. The van der Waals surface area contributed by atoms with E-state index < -0.39 is 0 Å².